The largest absolute Gasteiger partial charge is 0.493 e. The zero-order chi connectivity index (χ0) is 22.2. The van der Waals surface area contributed by atoms with Crippen LogP contribution in [0.4, 0.5) is 0 Å². The van der Waals surface area contributed by atoms with E-state index in [1.54, 1.807) is 14.2 Å². The van der Waals surface area contributed by atoms with E-state index in [0.29, 0.717) is 5.92 Å². The minimum Gasteiger partial charge on any atom is -0.493 e. The van der Waals surface area contributed by atoms with Gasteiger partial charge in [0, 0.05) is 18.0 Å². The fourth-order valence-corrected chi connectivity index (χ4v) is 5.95. The van der Waals surface area contributed by atoms with E-state index in [1.807, 2.05) is 0 Å². The molecule has 31 heavy (non-hydrogen) atoms. The maximum atomic E-state index is 11.0. The SMILES string of the molecule is COc1cc2c(cc1OC)[C@@H](c1ccccc1)N(C(C)(C)[C@H]1CC[C@H](C)C[C@@H]1O)CC2. The number of aliphatic hydroxyl groups excluding tert-OH is 1. The van der Waals surface area contributed by atoms with E-state index in [2.05, 4.69) is 68.1 Å². The first-order valence-electron chi connectivity index (χ1n) is 11.6. The van der Waals surface area contributed by atoms with Gasteiger partial charge in [-0.05, 0) is 67.9 Å². The maximum absolute atomic E-state index is 11.0. The second-order valence-electron chi connectivity index (χ2n) is 9.91. The van der Waals surface area contributed by atoms with Crippen molar-refractivity contribution in [3.05, 3.63) is 59.2 Å². The third kappa shape index (κ3) is 4.08. The minimum atomic E-state index is -0.248. The third-order valence-corrected chi connectivity index (χ3v) is 7.72. The average Bonchev–Trinajstić information content (AvgIpc) is 2.77. The molecule has 4 nitrogen and oxygen atoms in total. The number of hydrogen-bond donors (Lipinski definition) is 1. The molecule has 0 aromatic heterocycles. The van der Waals surface area contributed by atoms with Crippen molar-refractivity contribution >= 4 is 0 Å². The van der Waals surface area contributed by atoms with Gasteiger partial charge >= 0.3 is 0 Å². The predicted octanol–water partition coefficient (Wildman–Crippen LogP) is 5.23. The Morgan fingerprint density at radius 2 is 1.68 bits per heavy atom. The Kier molecular flexibility index (Phi) is 6.32. The number of methoxy groups -OCH3 is 2. The highest BCUT2D eigenvalue weighted by atomic mass is 16.5. The number of fused-ring (bicyclic) bond motifs is 1. The molecular weight excluding hydrogens is 386 g/mol. The monoisotopic (exact) mass is 423 g/mol. The lowest BCUT2D eigenvalue weighted by atomic mass is 9.69. The topological polar surface area (TPSA) is 41.9 Å². The van der Waals surface area contributed by atoms with Crippen molar-refractivity contribution in [2.75, 3.05) is 20.8 Å². The molecule has 2 aliphatic rings. The molecule has 1 N–H and O–H groups in total. The number of ether oxygens (including phenoxy) is 2. The summed E-state index contributed by atoms with van der Waals surface area (Å²) in [4.78, 5) is 2.63. The van der Waals surface area contributed by atoms with Crippen molar-refractivity contribution in [1.29, 1.82) is 0 Å². The zero-order valence-electron chi connectivity index (χ0n) is 19.6. The molecule has 0 unspecified atom stereocenters. The molecule has 1 saturated carbocycles. The molecule has 0 saturated heterocycles. The Labute approximate surface area is 187 Å². The van der Waals surface area contributed by atoms with Crippen LogP contribution in [0.15, 0.2) is 42.5 Å². The van der Waals surface area contributed by atoms with Gasteiger partial charge in [-0.25, -0.2) is 0 Å². The van der Waals surface area contributed by atoms with Crippen molar-refractivity contribution < 1.29 is 14.6 Å². The minimum absolute atomic E-state index is 0.117. The van der Waals surface area contributed by atoms with Gasteiger partial charge in [0.15, 0.2) is 11.5 Å². The molecule has 1 fully saturated rings. The quantitative estimate of drug-likeness (QED) is 0.715. The molecule has 0 spiro atoms. The van der Waals surface area contributed by atoms with E-state index >= 15 is 0 Å². The zero-order valence-corrected chi connectivity index (χ0v) is 19.6. The Morgan fingerprint density at radius 3 is 2.32 bits per heavy atom. The first kappa shape index (κ1) is 22.2. The fourth-order valence-electron chi connectivity index (χ4n) is 5.95. The summed E-state index contributed by atoms with van der Waals surface area (Å²) in [7, 11) is 3.40. The van der Waals surface area contributed by atoms with Crippen LogP contribution in [0.25, 0.3) is 0 Å². The van der Waals surface area contributed by atoms with Gasteiger partial charge in [0.1, 0.15) is 0 Å². The van der Waals surface area contributed by atoms with Crippen LogP contribution in [-0.4, -0.2) is 42.4 Å². The number of benzene rings is 2. The van der Waals surface area contributed by atoms with Crippen LogP contribution in [0.3, 0.4) is 0 Å². The van der Waals surface area contributed by atoms with E-state index in [-0.39, 0.29) is 23.6 Å². The van der Waals surface area contributed by atoms with Crippen LogP contribution in [-0.2, 0) is 6.42 Å². The highest BCUT2D eigenvalue weighted by Gasteiger charge is 2.46. The lowest BCUT2D eigenvalue weighted by Crippen LogP contribution is -2.57. The van der Waals surface area contributed by atoms with Crippen LogP contribution < -0.4 is 9.47 Å². The first-order chi connectivity index (χ1) is 14.9. The van der Waals surface area contributed by atoms with Crippen molar-refractivity contribution in [2.45, 2.75) is 64.1 Å². The van der Waals surface area contributed by atoms with Gasteiger partial charge in [0.05, 0.1) is 26.4 Å². The second-order valence-corrected chi connectivity index (χ2v) is 9.91. The molecular formula is C27H37NO3. The Morgan fingerprint density at radius 1 is 1.00 bits per heavy atom. The summed E-state index contributed by atoms with van der Waals surface area (Å²) in [6.45, 7) is 7.88. The van der Waals surface area contributed by atoms with Crippen LogP contribution in [0.5, 0.6) is 11.5 Å². The van der Waals surface area contributed by atoms with Crippen LogP contribution in [0.2, 0.25) is 0 Å². The van der Waals surface area contributed by atoms with Gasteiger partial charge in [-0.3, -0.25) is 4.90 Å². The summed E-state index contributed by atoms with van der Waals surface area (Å²) >= 11 is 0. The van der Waals surface area contributed by atoms with Gasteiger partial charge in [0.2, 0.25) is 0 Å². The number of aliphatic hydroxyl groups is 1. The van der Waals surface area contributed by atoms with Crippen molar-refractivity contribution in [3.8, 4) is 11.5 Å². The summed E-state index contributed by atoms with van der Waals surface area (Å²) < 4.78 is 11.3. The number of nitrogens with zero attached hydrogens (tertiary/aromatic N) is 1. The molecule has 0 bridgehead atoms. The Hall–Kier alpha value is -2.04. The second kappa shape index (κ2) is 8.84. The Balaban J connectivity index is 1.80. The normalized spacial score (nSPS) is 26.9. The molecule has 0 radical (unpaired) electrons. The molecule has 4 heteroatoms. The predicted molar refractivity (Wildman–Crippen MR) is 125 cm³/mol. The lowest BCUT2D eigenvalue weighted by Gasteiger charge is -2.53. The van der Waals surface area contributed by atoms with Crippen LogP contribution in [0, 0.1) is 11.8 Å². The van der Waals surface area contributed by atoms with Gasteiger partial charge in [-0.15, -0.1) is 0 Å². The molecule has 0 amide bonds. The van der Waals surface area contributed by atoms with Gasteiger partial charge in [-0.2, -0.15) is 0 Å². The standard InChI is InChI=1S/C27H37NO3/c1-18-11-12-22(23(29)15-18)27(2,3)28-14-13-20-16-24(30-4)25(31-5)17-21(20)26(28)19-9-7-6-8-10-19/h6-10,16-18,22-23,26,29H,11-15H2,1-5H3/t18-,22-,23-,26+/m0/s1. The van der Waals surface area contributed by atoms with E-state index in [4.69, 9.17) is 9.47 Å². The number of rotatable bonds is 5. The molecule has 4 rings (SSSR count). The van der Waals surface area contributed by atoms with Gasteiger partial charge in [-0.1, -0.05) is 43.7 Å². The lowest BCUT2D eigenvalue weighted by molar-refractivity contribution is -0.0575. The third-order valence-electron chi connectivity index (χ3n) is 7.72. The van der Waals surface area contributed by atoms with Crippen LogP contribution >= 0.6 is 0 Å². The number of hydrogen-bond acceptors (Lipinski definition) is 4. The Bertz CT molecular complexity index is 895. The molecule has 1 heterocycles. The molecule has 2 aromatic carbocycles. The summed E-state index contributed by atoms with van der Waals surface area (Å²) in [6, 6.07) is 15.2. The summed E-state index contributed by atoms with van der Waals surface area (Å²) in [5.74, 6) is 2.42. The molecule has 1 aliphatic heterocycles. The van der Waals surface area contributed by atoms with E-state index in [9.17, 15) is 5.11 Å². The van der Waals surface area contributed by atoms with Crippen molar-refractivity contribution in [2.24, 2.45) is 11.8 Å². The van der Waals surface area contributed by atoms with Gasteiger partial charge in [0.25, 0.3) is 0 Å². The van der Waals surface area contributed by atoms with E-state index in [0.717, 1.165) is 37.3 Å². The maximum Gasteiger partial charge on any atom is 0.161 e. The van der Waals surface area contributed by atoms with E-state index in [1.165, 1.54) is 23.1 Å². The molecule has 2 aromatic rings. The van der Waals surface area contributed by atoms with Gasteiger partial charge < -0.3 is 14.6 Å². The molecule has 1 aliphatic carbocycles. The summed E-state index contributed by atoms with van der Waals surface area (Å²) in [5, 5.41) is 11.0. The molecule has 4 atom stereocenters. The summed E-state index contributed by atoms with van der Waals surface area (Å²) in [5.41, 5.74) is 3.74. The summed E-state index contributed by atoms with van der Waals surface area (Å²) in [6.07, 6.45) is 3.88. The van der Waals surface area contributed by atoms with Crippen molar-refractivity contribution in [1.82, 2.24) is 4.90 Å². The fraction of sp³-hybridized carbons (Fsp3) is 0.556. The average molecular weight is 424 g/mol. The highest BCUT2D eigenvalue weighted by molar-refractivity contribution is 5.52. The van der Waals surface area contributed by atoms with Crippen molar-refractivity contribution in [3.63, 3.8) is 0 Å². The van der Waals surface area contributed by atoms with Crippen LogP contribution in [0.1, 0.15) is 62.8 Å². The van der Waals surface area contributed by atoms with E-state index < -0.39 is 0 Å². The first-order valence-corrected chi connectivity index (χ1v) is 11.6. The highest BCUT2D eigenvalue weighted by Crippen LogP contribution is 2.47. The molecule has 168 valence electrons. The smallest absolute Gasteiger partial charge is 0.161 e.